The standard InChI is InChI=1S/C17H24O3S2/c1-16(21-9-4-10-22-16)17(18)8-7-12-13(11-17)15(20-3)6-5-14(12)19-2/h5-6,18H,4,7-11H2,1-3H3/t17-/m0/s1. The van der Waals surface area contributed by atoms with Crippen LogP contribution in [0, 0.1) is 0 Å². The van der Waals surface area contributed by atoms with Crippen LogP contribution in [0.1, 0.15) is 30.9 Å². The molecule has 3 rings (SSSR count). The lowest BCUT2D eigenvalue weighted by molar-refractivity contribution is 0.0178. The van der Waals surface area contributed by atoms with E-state index in [2.05, 4.69) is 6.92 Å². The number of thioether (sulfide) groups is 2. The van der Waals surface area contributed by atoms with E-state index < -0.39 is 5.60 Å². The minimum absolute atomic E-state index is 0.142. The van der Waals surface area contributed by atoms with E-state index in [1.165, 1.54) is 12.0 Å². The maximum Gasteiger partial charge on any atom is 0.122 e. The Morgan fingerprint density at radius 1 is 1.05 bits per heavy atom. The Hall–Kier alpha value is -0.520. The van der Waals surface area contributed by atoms with Gasteiger partial charge in [0.15, 0.2) is 0 Å². The molecule has 3 nitrogen and oxygen atoms in total. The van der Waals surface area contributed by atoms with Crippen molar-refractivity contribution < 1.29 is 14.6 Å². The summed E-state index contributed by atoms with van der Waals surface area (Å²) in [5, 5.41) is 11.4. The number of benzene rings is 1. The second-order valence-corrected chi connectivity index (χ2v) is 9.42. The Kier molecular flexibility index (Phi) is 4.59. The third-order valence-electron chi connectivity index (χ3n) is 4.93. The molecular formula is C17H24O3S2. The van der Waals surface area contributed by atoms with Gasteiger partial charge in [-0.05, 0) is 49.8 Å². The first-order chi connectivity index (χ1) is 10.5. The van der Waals surface area contributed by atoms with Crippen molar-refractivity contribution in [2.75, 3.05) is 25.7 Å². The molecule has 0 aromatic heterocycles. The van der Waals surface area contributed by atoms with Gasteiger partial charge in [-0.3, -0.25) is 0 Å². The predicted molar refractivity (Wildman–Crippen MR) is 94.5 cm³/mol. The lowest BCUT2D eigenvalue weighted by Gasteiger charge is -2.48. The predicted octanol–water partition coefficient (Wildman–Crippen LogP) is 3.51. The molecule has 0 radical (unpaired) electrons. The molecule has 0 saturated carbocycles. The van der Waals surface area contributed by atoms with Crippen LogP contribution in [0.5, 0.6) is 11.5 Å². The van der Waals surface area contributed by atoms with E-state index in [9.17, 15) is 5.11 Å². The van der Waals surface area contributed by atoms with Crippen LogP contribution in [-0.2, 0) is 12.8 Å². The number of methoxy groups -OCH3 is 2. The maximum absolute atomic E-state index is 11.4. The summed E-state index contributed by atoms with van der Waals surface area (Å²) < 4.78 is 10.9. The van der Waals surface area contributed by atoms with Crippen LogP contribution >= 0.6 is 23.5 Å². The van der Waals surface area contributed by atoms with E-state index >= 15 is 0 Å². The molecule has 1 aromatic carbocycles. The van der Waals surface area contributed by atoms with Crippen LogP contribution in [-0.4, -0.2) is 40.5 Å². The molecule has 0 bridgehead atoms. The van der Waals surface area contributed by atoms with Crippen molar-refractivity contribution in [3.05, 3.63) is 23.3 Å². The monoisotopic (exact) mass is 340 g/mol. The highest BCUT2D eigenvalue weighted by molar-refractivity contribution is 8.18. The van der Waals surface area contributed by atoms with Gasteiger partial charge in [0.2, 0.25) is 0 Å². The highest BCUT2D eigenvalue weighted by Gasteiger charge is 2.51. The van der Waals surface area contributed by atoms with Crippen molar-refractivity contribution in [2.45, 2.75) is 42.3 Å². The van der Waals surface area contributed by atoms with Gasteiger partial charge in [0.05, 0.1) is 23.9 Å². The highest BCUT2D eigenvalue weighted by atomic mass is 32.2. The van der Waals surface area contributed by atoms with Crippen molar-refractivity contribution in [3.8, 4) is 11.5 Å². The van der Waals surface area contributed by atoms with Crippen molar-refractivity contribution in [2.24, 2.45) is 0 Å². The molecule has 1 fully saturated rings. The number of hydrogen-bond donors (Lipinski definition) is 1. The quantitative estimate of drug-likeness (QED) is 0.911. The summed E-state index contributed by atoms with van der Waals surface area (Å²) in [6.07, 6.45) is 3.48. The SMILES string of the molecule is COc1ccc(OC)c2c1CC[C@@](O)(C1(C)SCCCS1)C2. The molecule has 1 saturated heterocycles. The summed E-state index contributed by atoms with van der Waals surface area (Å²) in [5.74, 6) is 4.04. The Bertz CT molecular complexity index is 555. The van der Waals surface area contributed by atoms with Crippen molar-refractivity contribution in [1.82, 2.24) is 0 Å². The summed E-state index contributed by atoms with van der Waals surface area (Å²) in [5.41, 5.74) is 1.61. The molecule has 1 atom stereocenters. The van der Waals surface area contributed by atoms with Crippen LogP contribution in [0.25, 0.3) is 0 Å². The summed E-state index contributed by atoms with van der Waals surface area (Å²) in [6.45, 7) is 2.21. The first-order valence-electron chi connectivity index (χ1n) is 7.76. The molecule has 1 N–H and O–H groups in total. The van der Waals surface area contributed by atoms with Gasteiger partial charge in [-0.25, -0.2) is 0 Å². The molecular weight excluding hydrogens is 316 g/mol. The van der Waals surface area contributed by atoms with Gasteiger partial charge < -0.3 is 14.6 Å². The van der Waals surface area contributed by atoms with Crippen LogP contribution in [0.3, 0.4) is 0 Å². The van der Waals surface area contributed by atoms with Gasteiger partial charge in [-0.15, -0.1) is 23.5 Å². The van der Waals surface area contributed by atoms with Gasteiger partial charge >= 0.3 is 0 Å². The van der Waals surface area contributed by atoms with E-state index in [1.807, 2.05) is 35.7 Å². The Morgan fingerprint density at radius 2 is 1.64 bits per heavy atom. The fraction of sp³-hybridized carbons (Fsp3) is 0.647. The summed E-state index contributed by atoms with van der Waals surface area (Å²) in [4.78, 5) is 0. The average molecular weight is 341 g/mol. The van der Waals surface area contributed by atoms with Crippen LogP contribution in [0.2, 0.25) is 0 Å². The van der Waals surface area contributed by atoms with E-state index in [4.69, 9.17) is 9.47 Å². The van der Waals surface area contributed by atoms with Gasteiger partial charge in [-0.1, -0.05) is 0 Å². The largest absolute Gasteiger partial charge is 0.496 e. The van der Waals surface area contributed by atoms with E-state index in [0.29, 0.717) is 6.42 Å². The zero-order valence-corrected chi connectivity index (χ0v) is 15.1. The number of ether oxygens (including phenoxy) is 2. The molecule has 1 aliphatic heterocycles. The topological polar surface area (TPSA) is 38.7 Å². The minimum Gasteiger partial charge on any atom is -0.496 e. The first-order valence-corrected chi connectivity index (χ1v) is 9.73. The third-order valence-corrected chi connectivity index (χ3v) is 8.49. The van der Waals surface area contributed by atoms with Crippen molar-refractivity contribution in [3.63, 3.8) is 0 Å². The van der Waals surface area contributed by atoms with Gasteiger partial charge in [-0.2, -0.15) is 0 Å². The lowest BCUT2D eigenvalue weighted by Crippen LogP contribution is -2.52. The number of rotatable bonds is 3. The Morgan fingerprint density at radius 3 is 2.23 bits per heavy atom. The van der Waals surface area contributed by atoms with E-state index in [0.717, 1.165) is 41.4 Å². The average Bonchev–Trinajstić information content (AvgIpc) is 2.54. The summed E-state index contributed by atoms with van der Waals surface area (Å²) in [7, 11) is 3.40. The Balaban J connectivity index is 1.98. The van der Waals surface area contributed by atoms with E-state index in [-0.39, 0.29) is 4.08 Å². The fourth-order valence-electron chi connectivity index (χ4n) is 3.50. The van der Waals surface area contributed by atoms with Crippen LogP contribution in [0.15, 0.2) is 12.1 Å². The smallest absolute Gasteiger partial charge is 0.122 e. The number of aliphatic hydroxyl groups is 1. The van der Waals surface area contributed by atoms with Gasteiger partial charge in [0.25, 0.3) is 0 Å². The lowest BCUT2D eigenvalue weighted by atomic mass is 9.77. The highest BCUT2D eigenvalue weighted by Crippen LogP contribution is 2.54. The molecule has 22 heavy (non-hydrogen) atoms. The normalized spacial score (nSPS) is 27.1. The summed E-state index contributed by atoms with van der Waals surface area (Å²) in [6, 6.07) is 3.92. The molecule has 0 amide bonds. The maximum atomic E-state index is 11.4. The van der Waals surface area contributed by atoms with Crippen molar-refractivity contribution >= 4 is 23.5 Å². The van der Waals surface area contributed by atoms with Gasteiger partial charge in [0, 0.05) is 17.5 Å². The van der Waals surface area contributed by atoms with Crippen molar-refractivity contribution in [1.29, 1.82) is 0 Å². The minimum atomic E-state index is -0.699. The molecule has 5 heteroatoms. The fourth-order valence-corrected chi connectivity index (χ4v) is 6.76. The zero-order chi connectivity index (χ0) is 15.8. The molecule has 1 heterocycles. The third kappa shape index (κ3) is 2.61. The van der Waals surface area contributed by atoms with Crippen LogP contribution < -0.4 is 9.47 Å². The second kappa shape index (κ2) is 6.17. The molecule has 0 unspecified atom stereocenters. The van der Waals surface area contributed by atoms with Crippen LogP contribution in [0.4, 0.5) is 0 Å². The number of fused-ring (bicyclic) bond motifs is 1. The second-order valence-electron chi connectivity index (χ2n) is 6.13. The molecule has 2 aliphatic rings. The van der Waals surface area contributed by atoms with Gasteiger partial charge in [0.1, 0.15) is 11.5 Å². The molecule has 0 spiro atoms. The summed E-state index contributed by atoms with van der Waals surface area (Å²) >= 11 is 3.82. The number of hydrogen-bond acceptors (Lipinski definition) is 5. The van der Waals surface area contributed by atoms with E-state index in [1.54, 1.807) is 14.2 Å². The molecule has 122 valence electrons. The zero-order valence-electron chi connectivity index (χ0n) is 13.5. The molecule has 1 aromatic rings. The molecule has 1 aliphatic carbocycles. The first kappa shape index (κ1) is 16.3. The Labute approximate surface area is 141 Å².